The van der Waals surface area contributed by atoms with Crippen molar-refractivity contribution in [2.45, 2.75) is 25.9 Å². The molecule has 0 fully saturated rings. The third-order valence-electron chi connectivity index (χ3n) is 2.33. The zero-order chi connectivity index (χ0) is 11.6. The smallest absolute Gasteiger partial charge is 0.335 e. The van der Waals surface area contributed by atoms with Crippen LogP contribution in [0.2, 0.25) is 5.02 Å². The van der Waals surface area contributed by atoms with E-state index in [0.29, 0.717) is 10.6 Å². The molecule has 0 saturated carbocycles. The Bertz CT molecular complexity index is 365. The second kappa shape index (κ2) is 4.21. The molecule has 0 aromatic heterocycles. The molecule has 1 aromatic carbocycles. The van der Waals surface area contributed by atoms with Gasteiger partial charge in [0.15, 0.2) is 5.60 Å². The lowest BCUT2D eigenvalue weighted by Gasteiger charge is -2.19. The van der Waals surface area contributed by atoms with Crippen LogP contribution in [0.3, 0.4) is 0 Å². The molecule has 0 heterocycles. The molecule has 0 aliphatic heterocycles. The Balaban J connectivity index is 3.04. The summed E-state index contributed by atoms with van der Waals surface area (Å²) in [6.07, 6.45) is 0.00778. The Morgan fingerprint density at radius 1 is 1.53 bits per heavy atom. The van der Waals surface area contributed by atoms with Crippen LogP contribution in [-0.4, -0.2) is 21.8 Å². The van der Waals surface area contributed by atoms with Crippen LogP contribution in [0, 0.1) is 6.92 Å². The van der Waals surface area contributed by atoms with Crippen molar-refractivity contribution >= 4 is 17.6 Å². The maximum atomic E-state index is 10.8. The third kappa shape index (κ3) is 2.70. The summed E-state index contributed by atoms with van der Waals surface area (Å²) < 4.78 is 0. The molecule has 1 aromatic rings. The van der Waals surface area contributed by atoms with Crippen LogP contribution in [0.15, 0.2) is 18.2 Å². The lowest BCUT2D eigenvalue weighted by Crippen LogP contribution is -2.37. The first-order valence-corrected chi connectivity index (χ1v) is 4.92. The summed E-state index contributed by atoms with van der Waals surface area (Å²) in [6, 6.07) is 5.30. The summed E-state index contributed by atoms with van der Waals surface area (Å²) in [7, 11) is 0. The average Bonchev–Trinajstić information content (AvgIpc) is 2.11. The minimum Gasteiger partial charge on any atom is -0.479 e. The van der Waals surface area contributed by atoms with Gasteiger partial charge in [0.1, 0.15) is 0 Å². The van der Waals surface area contributed by atoms with Crippen LogP contribution in [-0.2, 0) is 11.2 Å². The maximum absolute atomic E-state index is 10.8. The Kier molecular flexibility index (Phi) is 3.37. The van der Waals surface area contributed by atoms with Crippen LogP contribution in [0.25, 0.3) is 0 Å². The maximum Gasteiger partial charge on any atom is 0.335 e. The van der Waals surface area contributed by atoms with E-state index in [1.165, 1.54) is 6.92 Å². The molecular formula is C11H13ClO3. The molecule has 0 radical (unpaired) electrons. The standard InChI is InChI=1S/C11H13ClO3/c1-7-4-3-5-9(12)8(7)6-11(2,15)10(13)14/h3-5,15H,6H2,1-2H3,(H,13,14). The summed E-state index contributed by atoms with van der Waals surface area (Å²) in [5.41, 5.74) is -0.231. The van der Waals surface area contributed by atoms with Crippen molar-refractivity contribution in [2.24, 2.45) is 0 Å². The van der Waals surface area contributed by atoms with Gasteiger partial charge >= 0.3 is 5.97 Å². The molecular weight excluding hydrogens is 216 g/mol. The van der Waals surface area contributed by atoms with Gasteiger partial charge in [0, 0.05) is 11.4 Å². The number of rotatable bonds is 3. The number of halogens is 1. The van der Waals surface area contributed by atoms with Crippen molar-refractivity contribution in [3.63, 3.8) is 0 Å². The second-order valence-electron chi connectivity index (χ2n) is 3.79. The number of carboxylic acids is 1. The van der Waals surface area contributed by atoms with Gasteiger partial charge in [-0.05, 0) is 31.0 Å². The summed E-state index contributed by atoms with van der Waals surface area (Å²) >= 11 is 5.94. The molecule has 0 bridgehead atoms. The lowest BCUT2D eigenvalue weighted by atomic mass is 9.94. The highest BCUT2D eigenvalue weighted by molar-refractivity contribution is 6.31. The van der Waals surface area contributed by atoms with Crippen molar-refractivity contribution < 1.29 is 15.0 Å². The molecule has 1 rings (SSSR count). The molecule has 0 saturated heterocycles. The van der Waals surface area contributed by atoms with Crippen molar-refractivity contribution in [1.29, 1.82) is 0 Å². The number of carboxylic acid groups (broad SMARTS) is 1. The SMILES string of the molecule is Cc1cccc(Cl)c1CC(C)(O)C(=O)O. The molecule has 15 heavy (non-hydrogen) atoms. The molecule has 1 atom stereocenters. The summed E-state index contributed by atoms with van der Waals surface area (Å²) in [5, 5.41) is 18.9. The molecule has 3 nitrogen and oxygen atoms in total. The van der Waals surface area contributed by atoms with E-state index in [9.17, 15) is 9.90 Å². The fourth-order valence-corrected chi connectivity index (χ4v) is 1.60. The quantitative estimate of drug-likeness (QED) is 0.832. The predicted octanol–water partition coefficient (Wildman–Crippen LogP) is 2.03. The van der Waals surface area contributed by atoms with Crippen molar-refractivity contribution in [3.05, 3.63) is 34.3 Å². The number of aryl methyl sites for hydroxylation is 1. The molecule has 1 unspecified atom stereocenters. The zero-order valence-electron chi connectivity index (χ0n) is 8.62. The minimum absolute atomic E-state index is 0.00778. The van der Waals surface area contributed by atoms with Crippen LogP contribution in [0.4, 0.5) is 0 Å². The van der Waals surface area contributed by atoms with Gasteiger partial charge in [0.2, 0.25) is 0 Å². The van der Waals surface area contributed by atoms with E-state index in [1.807, 2.05) is 13.0 Å². The highest BCUT2D eigenvalue weighted by atomic mass is 35.5. The van der Waals surface area contributed by atoms with Crippen LogP contribution >= 0.6 is 11.6 Å². The van der Waals surface area contributed by atoms with Gasteiger partial charge in [0.05, 0.1) is 0 Å². The monoisotopic (exact) mass is 228 g/mol. The van der Waals surface area contributed by atoms with E-state index in [4.69, 9.17) is 16.7 Å². The number of hydrogen-bond acceptors (Lipinski definition) is 2. The summed E-state index contributed by atoms with van der Waals surface area (Å²) in [5.74, 6) is -1.25. The number of benzene rings is 1. The van der Waals surface area contributed by atoms with E-state index in [2.05, 4.69) is 0 Å². The van der Waals surface area contributed by atoms with Gasteiger partial charge in [-0.2, -0.15) is 0 Å². The molecule has 0 aliphatic carbocycles. The van der Waals surface area contributed by atoms with E-state index in [1.54, 1.807) is 12.1 Å². The number of aliphatic hydroxyl groups is 1. The van der Waals surface area contributed by atoms with Gasteiger partial charge < -0.3 is 10.2 Å². The molecule has 2 N–H and O–H groups in total. The van der Waals surface area contributed by atoms with E-state index < -0.39 is 11.6 Å². The molecule has 82 valence electrons. The first-order valence-electron chi connectivity index (χ1n) is 4.54. The van der Waals surface area contributed by atoms with Crippen molar-refractivity contribution in [3.8, 4) is 0 Å². The summed E-state index contributed by atoms with van der Waals surface area (Å²) in [6.45, 7) is 3.09. The van der Waals surface area contributed by atoms with E-state index >= 15 is 0 Å². The minimum atomic E-state index is -1.78. The number of aliphatic carboxylic acids is 1. The Hall–Kier alpha value is -1.06. The van der Waals surface area contributed by atoms with Crippen LogP contribution < -0.4 is 0 Å². The fourth-order valence-electron chi connectivity index (χ4n) is 1.31. The Morgan fingerprint density at radius 2 is 2.13 bits per heavy atom. The summed E-state index contributed by atoms with van der Waals surface area (Å²) in [4.78, 5) is 10.8. The number of hydrogen-bond donors (Lipinski definition) is 2. The topological polar surface area (TPSA) is 57.5 Å². The zero-order valence-corrected chi connectivity index (χ0v) is 9.38. The normalized spacial score (nSPS) is 14.7. The molecule has 4 heteroatoms. The van der Waals surface area contributed by atoms with Crippen LogP contribution in [0.5, 0.6) is 0 Å². The van der Waals surface area contributed by atoms with Gasteiger partial charge in [-0.3, -0.25) is 0 Å². The fraction of sp³-hybridized carbons (Fsp3) is 0.364. The van der Waals surface area contributed by atoms with E-state index in [-0.39, 0.29) is 6.42 Å². The molecule has 0 aliphatic rings. The molecule has 0 amide bonds. The number of carbonyl (C=O) groups is 1. The predicted molar refractivity (Wildman–Crippen MR) is 58.2 cm³/mol. The Morgan fingerprint density at radius 3 is 2.60 bits per heavy atom. The van der Waals surface area contributed by atoms with Crippen molar-refractivity contribution in [2.75, 3.05) is 0 Å². The first-order chi connectivity index (χ1) is 6.84. The lowest BCUT2D eigenvalue weighted by molar-refractivity contribution is -0.156. The highest BCUT2D eigenvalue weighted by Gasteiger charge is 2.31. The van der Waals surface area contributed by atoms with Crippen LogP contribution in [0.1, 0.15) is 18.1 Å². The third-order valence-corrected chi connectivity index (χ3v) is 2.69. The van der Waals surface area contributed by atoms with Crippen molar-refractivity contribution in [1.82, 2.24) is 0 Å². The first kappa shape index (κ1) is 12.0. The Labute approximate surface area is 93.3 Å². The van der Waals surface area contributed by atoms with E-state index in [0.717, 1.165) is 5.56 Å². The second-order valence-corrected chi connectivity index (χ2v) is 4.20. The van der Waals surface area contributed by atoms with Gasteiger partial charge in [-0.15, -0.1) is 0 Å². The average molecular weight is 229 g/mol. The molecule has 0 spiro atoms. The largest absolute Gasteiger partial charge is 0.479 e. The van der Waals surface area contributed by atoms with Gasteiger partial charge in [-0.1, -0.05) is 23.7 Å². The van der Waals surface area contributed by atoms with Gasteiger partial charge in [-0.25, -0.2) is 4.79 Å². The highest BCUT2D eigenvalue weighted by Crippen LogP contribution is 2.24. The van der Waals surface area contributed by atoms with Gasteiger partial charge in [0.25, 0.3) is 0 Å².